The summed E-state index contributed by atoms with van der Waals surface area (Å²) in [5, 5.41) is 0. The molecule has 2 heteroatoms. The third kappa shape index (κ3) is 6.04. The third-order valence-corrected chi connectivity index (χ3v) is 3.11. The van der Waals surface area contributed by atoms with Gasteiger partial charge in [-0.3, -0.25) is 0 Å². The van der Waals surface area contributed by atoms with Crippen LogP contribution < -0.4 is 0 Å². The van der Waals surface area contributed by atoms with Crippen LogP contribution in [0.15, 0.2) is 12.5 Å². The second-order valence-electron chi connectivity index (χ2n) is 4.69. The molecule has 1 atom stereocenters. The molecule has 0 aromatic carbocycles. The minimum atomic E-state index is 0.271. The highest BCUT2D eigenvalue weighted by Crippen LogP contribution is 2.18. The minimum Gasteiger partial charge on any atom is -0.462 e. The molecule has 1 unspecified atom stereocenters. The van der Waals surface area contributed by atoms with Crippen LogP contribution in [0.5, 0.6) is 0 Å². The first-order valence-corrected chi connectivity index (χ1v) is 6.81. The van der Waals surface area contributed by atoms with E-state index in [-0.39, 0.29) is 6.10 Å². The summed E-state index contributed by atoms with van der Waals surface area (Å²) >= 11 is 0. The number of ether oxygens (including phenoxy) is 2. The summed E-state index contributed by atoms with van der Waals surface area (Å²) in [5.74, 6) is 0.504. The monoisotopic (exact) mass is 226 g/mol. The number of rotatable bonds is 9. The number of hydrogen-bond donors (Lipinski definition) is 0. The van der Waals surface area contributed by atoms with Crippen molar-refractivity contribution in [1.29, 1.82) is 0 Å². The summed E-state index contributed by atoms with van der Waals surface area (Å²) in [6.45, 7) is 6.61. The zero-order chi connectivity index (χ0) is 11.6. The standard InChI is InChI=1S/C14H26O2/c1-3-4-5-6-7-8-9-10-11-14-12-15-13(2)16-14/h14H,2-12H2,1H3. The smallest absolute Gasteiger partial charge is 0.272 e. The lowest BCUT2D eigenvalue weighted by atomic mass is 10.1. The molecular formula is C14H26O2. The van der Waals surface area contributed by atoms with Gasteiger partial charge in [0.25, 0.3) is 5.95 Å². The molecule has 1 saturated heterocycles. The van der Waals surface area contributed by atoms with Crippen LogP contribution in [0.2, 0.25) is 0 Å². The van der Waals surface area contributed by atoms with E-state index >= 15 is 0 Å². The van der Waals surface area contributed by atoms with Gasteiger partial charge in [-0.1, -0.05) is 51.9 Å². The first-order valence-electron chi connectivity index (χ1n) is 6.81. The molecule has 1 aliphatic rings. The average molecular weight is 226 g/mol. The molecule has 0 N–H and O–H groups in total. The van der Waals surface area contributed by atoms with E-state index in [9.17, 15) is 0 Å². The molecule has 0 aromatic heterocycles. The fourth-order valence-electron chi connectivity index (χ4n) is 2.09. The van der Waals surface area contributed by atoms with Crippen LogP contribution in [0.4, 0.5) is 0 Å². The lowest BCUT2D eigenvalue weighted by Gasteiger charge is -2.06. The predicted molar refractivity (Wildman–Crippen MR) is 67.2 cm³/mol. The average Bonchev–Trinajstić information content (AvgIpc) is 2.68. The first kappa shape index (κ1) is 13.4. The van der Waals surface area contributed by atoms with Crippen LogP contribution in [0.1, 0.15) is 64.7 Å². The Balaban J connectivity index is 1.79. The molecule has 1 rings (SSSR count). The highest BCUT2D eigenvalue weighted by atomic mass is 16.7. The summed E-state index contributed by atoms with van der Waals surface area (Å²) in [5.41, 5.74) is 0. The fraction of sp³-hybridized carbons (Fsp3) is 0.857. The van der Waals surface area contributed by atoms with Crippen LogP contribution in [0.25, 0.3) is 0 Å². The van der Waals surface area contributed by atoms with Crippen LogP contribution in [0.3, 0.4) is 0 Å². The second kappa shape index (κ2) is 8.49. The van der Waals surface area contributed by atoms with Crippen molar-refractivity contribution in [2.45, 2.75) is 70.8 Å². The van der Waals surface area contributed by atoms with Crippen molar-refractivity contribution < 1.29 is 9.47 Å². The molecule has 1 aliphatic heterocycles. The molecule has 16 heavy (non-hydrogen) atoms. The predicted octanol–water partition coefficient (Wildman–Crippen LogP) is 4.40. The minimum absolute atomic E-state index is 0.271. The summed E-state index contributed by atoms with van der Waals surface area (Å²) in [6.07, 6.45) is 12.3. The Morgan fingerprint density at radius 1 is 1.06 bits per heavy atom. The van der Waals surface area contributed by atoms with Gasteiger partial charge in [0.15, 0.2) is 0 Å². The molecule has 0 aliphatic carbocycles. The molecule has 1 heterocycles. The van der Waals surface area contributed by atoms with E-state index in [1.807, 2.05) is 0 Å². The van der Waals surface area contributed by atoms with E-state index in [2.05, 4.69) is 13.5 Å². The highest BCUT2D eigenvalue weighted by molar-refractivity contribution is 4.79. The third-order valence-electron chi connectivity index (χ3n) is 3.11. The Morgan fingerprint density at radius 2 is 1.69 bits per heavy atom. The summed E-state index contributed by atoms with van der Waals surface area (Å²) in [6, 6.07) is 0. The van der Waals surface area contributed by atoms with E-state index < -0.39 is 0 Å². The Hall–Kier alpha value is -0.660. The molecule has 0 aromatic rings. The number of hydrogen-bond acceptors (Lipinski definition) is 2. The lowest BCUT2D eigenvalue weighted by Crippen LogP contribution is -2.08. The van der Waals surface area contributed by atoms with Crippen LogP contribution in [-0.2, 0) is 9.47 Å². The van der Waals surface area contributed by atoms with E-state index in [4.69, 9.17) is 9.47 Å². The van der Waals surface area contributed by atoms with Gasteiger partial charge in [-0.25, -0.2) is 0 Å². The first-order chi connectivity index (χ1) is 7.83. The molecular weight excluding hydrogens is 200 g/mol. The Labute approximate surface area is 100 Å². The molecule has 0 spiro atoms. The van der Waals surface area contributed by atoms with Gasteiger partial charge in [0.05, 0.1) is 0 Å². The summed E-state index contributed by atoms with van der Waals surface area (Å²) in [4.78, 5) is 0. The Bertz CT molecular complexity index is 189. The maximum Gasteiger partial charge on any atom is 0.272 e. The van der Waals surface area contributed by atoms with Crippen molar-refractivity contribution in [2.75, 3.05) is 6.61 Å². The maximum absolute atomic E-state index is 5.40. The summed E-state index contributed by atoms with van der Waals surface area (Å²) in [7, 11) is 0. The molecule has 0 amide bonds. The Morgan fingerprint density at radius 3 is 2.25 bits per heavy atom. The topological polar surface area (TPSA) is 18.5 Å². The largest absolute Gasteiger partial charge is 0.462 e. The summed E-state index contributed by atoms with van der Waals surface area (Å²) < 4.78 is 10.6. The quantitative estimate of drug-likeness (QED) is 0.542. The van der Waals surface area contributed by atoms with Crippen molar-refractivity contribution in [3.05, 3.63) is 12.5 Å². The van der Waals surface area contributed by atoms with Crippen molar-refractivity contribution in [3.8, 4) is 0 Å². The normalized spacial score (nSPS) is 19.6. The van der Waals surface area contributed by atoms with Crippen molar-refractivity contribution in [2.24, 2.45) is 0 Å². The maximum atomic E-state index is 5.40. The highest BCUT2D eigenvalue weighted by Gasteiger charge is 2.19. The SMILES string of the molecule is C=C1OCC(CCCCCCCCCC)O1. The van der Waals surface area contributed by atoms with Crippen LogP contribution in [0, 0.1) is 0 Å². The van der Waals surface area contributed by atoms with Gasteiger partial charge >= 0.3 is 0 Å². The van der Waals surface area contributed by atoms with Gasteiger partial charge < -0.3 is 9.47 Å². The molecule has 0 saturated carbocycles. The molecule has 1 fully saturated rings. The van der Waals surface area contributed by atoms with Crippen LogP contribution >= 0.6 is 0 Å². The second-order valence-corrected chi connectivity index (χ2v) is 4.69. The van der Waals surface area contributed by atoms with Gasteiger partial charge in [-0.15, -0.1) is 0 Å². The molecule has 0 radical (unpaired) electrons. The fourth-order valence-corrected chi connectivity index (χ4v) is 2.09. The van der Waals surface area contributed by atoms with Crippen molar-refractivity contribution in [1.82, 2.24) is 0 Å². The van der Waals surface area contributed by atoms with Gasteiger partial charge in [-0.2, -0.15) is 0 Å². The van der Waals surface area contributed by atoms with E-state index in [0.29, 0.717) is 12.6 Å². The van der Waals surface area contributed by atoms with Crippen LogP contribution in [-0.4, -0.2) is 12.7 Å². The van der Waals surface area contributed by atoms with Gasteiger partial charge in [0, 0.05) is 0 Å². The van der Waals surface area contributed by atoms with E-state index in [1.165, 1.54) is 51.4 Å². The molecule has 2 nitrogen and oxygen atoms in total. The number of unbranched alkanes of at least 4 members (excludes halogenated alkanes) is 7. The van der Waals surface area contributed by atoms with Crippen molar-refractivity contribution in [3.63, 3.8) is 0 Å². The van der Waals surface area contributed by atoms with Gasteiger partial charge in [0.1, 0.15) is 12.7 Å². The zero-order valence-corrected chi connectivity index (χ0v) is 10.7. The zero-order valence-electron chi connectivity index (χ0n) is 10.7. The van der Waals surface area contributed by atoms with E-state index in [0.717, 1.165) is 6.42 Å². The lowest BCUT2D eigenvalue weighted by molar-refractivity contribution is 0.137. The van der Waals surface area contributed by atoms with Crippen molar-refractivity contribution >= 4 is 0 Å². The molecule has 0 bridgehead atoms. The van der Waals surface area contributed by atoms with Gasteiger partial charge in [0.2, 0.25) is 0 Å². The molecule has 94 valence electrons. The van der Waals surface area contributed by atoms with Gasteiger partial charge in [-0.05, 0) is 19.4 Å². The Kier molecular flexibility index (Phi) is 7.11. The van der Waals surface area contributed by atoms with E-state index in [1.54, 1.807) is 0 Å².